The molecular weight excluding hydrogens is 252 g/mol. The van der Waals surface area contributed by atoms with Crippen molar-refractivity contribution in [2.45, 2.75) is 12.5 Å². The maximum absolute atomic E-state index is 12.1. The Morgan fingerprint density at radius 3 is 3.06 bits per heavy atom. The van der Waals surface area contributed by atoms with E-state index < -0.39 is 0 Å². The molecule has 0 saturated carbocycles. The van der Waals surface area contributed by atoms with Crippen LogP contribution in [0, 0.1) is 0 Å². The molecule has 0 bridgehead atoms. The van der Waals surface area contributed by atoms with Crippen LogP contribution in [-0.2, 0) is 7.05 Å². The smallest absolute Gasteiger partial charge is 0.170 e. The number of hydrogen-bond donors (Lipinski definition) is 0. The van der Waals surface area contributed by atoms with Gasteiger partial charge >= 0.3 is 0 Å². The zero-order valence-corrected chi connectivity index (χ0v) is 10.5. The van der Waals surface area contributed by atoms with E-state index in [4.69, 9.17) is 16.3 Å². The summed E-state index contributed by atoms with van der Waals surface area (Å²) in [7, 11) is 1.84. The third kappa shape index (κ3) is 1.88. The molecule has 1 unspecified atom stereocenters. The largest absolute Gasteiger partial charge is 0.484 e. The van der Waals surface area contributed by atoms with Gasteiger partial charge in [0.15, 0.2) is 5.78 Å². The molecule has 0 saturated heterocycles. The molecule has 0 fully saturated rings. The Hall–Kier alpha value is -1.81. The average molecular weight is 263 g/mol. The first-order valence-electron chi connectivity index (χ1n) is 5.61. The highest BCUT2D eigenvalue weighted by Gasteiger charge is 2.28. The summed E-state index contributed by atoms with van der Waals surface area (Å²) >= 11 is 5.88. The van der Waals surface area contributed by atoms with Gasteiger partial charge in [0, 0.05) is 23.8 Å². The molecule has 1 aromatic carbocycles. The van der Waals surface area contributed by atoms with Crippen molar-refractivity contribution in [3.63, 3.8) is 0 Å². The van der Waals surface area contributed by atoms with Crippen molar-refractivity contribution in [3.8, 4) is 5.75 Å². The molecule has 0 N–H and O–H groups in total. The summed E-state index contributed by atoms with van der Waals surface area (Å²) in [6, 6.07) is 5.11. The number of fused-ring (bicyclic) bond motifs is 1. The number of carbonyl (C=O) groups is 1. The van der Waals surface area contributed by atoms with Gasteiger partial charge in [-0.3, -0.25) is 9.48 Å². The monoisotopic (exact) mass is 262 g/mol. The summed E-state index contributed by atoms with van der Waals surface area (Å²) in [6.07, 6.45) is 3.64. The number of aromatic nitrogens is 2. The molecular formula is C13H11ClN2O2. The number of halogens is 1. The fraction of sp³-hybridized carbons (Fsp3) is 0.231. The van der Waals surface area contributed by atoms with Crippen LogP contribution < -0.4 is 4.74 Å². The summed E-state index contributed by atoms with van der Waals surface area (Å²) < 4.78 is 7.52. The Labute approximate surface area is 109 Å². The van der Waals surface area contributed by atoms with Gasteiger partial charge in [-0.05, 0) is 18.2 Å². The molecule has 0 aliphatic carbocycles. The number of nitrogens with zero attached hydrogens (tertiary/aromatic N) is 2. The number of carbonyl (C=O) groups excluding carboxylic acids is 1. The summed E-state index contributed by atoms with van der Waals surface area (Å²) in [5.41, 5.74) is 1.47. The third-order valence-corrected chi connectivity index (χ3v) is 3.21. The second-order valence-corrected chi connectivity index (χ2v) is 4.76. The van der Waals surface area contributed by atoms with Crippen molar-refractivity contribution in [3.05, 3.63) is 46.7 Å². The van der Waals surface area contributed by atoms with Gasteiger partial charge in [-0.1, -0.05) is 11.6 Å². The molecule has 1 aliphatic rings. The van der Waals surface area contributed by atoms with E-state index in [1.54, 1.807) is 29.1 Å². The molecule has 0 radical (unpaired) electrons. The normalized spacial score (nSPS) is 18.3. The Balaban J connectivity index is 1.96. The third-order valence-electron chi connectivity index (χ3n) is 2.98. The fourth-order valence-electron chi connectivity index (χ4n) is 2.09. The van der Waals surface area contributed by atoms with Gasteiger partial charge in [-0.15, -0.1) is 0 Å². The Kier molecular flexibility index (Phi) is 2.59. The highest BCUT2D eigenvalue weighted by molar-refractivity contribution is 6.31. The van der Waals surface area contributed by atoms with Crippen molar-refractivity contribution in [2.24, 2.45) is 7.05 Å². The van der Waals surface area contributed by atoms with Crippen LogP contribution in [0.1, 0.15) is 28.4 Å². The van der Waals surface area contributed by atoms with Crippen molar-refractivity contribution in [1.82, 2.24) is 9.78 Å². The average Bonchev–Trinajstić information content (AvgIpc) is 2.77. The molecule has 18 heavy (non-hydrogen) atoms. The lowest BCUT2D eigenvalue weighted by atomic mass is 9.98. The van der Waals surface area contributed by atoms with Gasteiger partial charge < -0.3 is 4.74 Å². The molecule has 4 nitrogen and oxygen atoms in total. The van der Waals surface area contributed by atoms with Gasteiger partial charge in [0.05, 0.1) is 18.2 Å². The molecule has 3 rings (SSSR count). The summed E-state index contributed by atoms with van der Waals surface area (Å²) in [5, 5.41) is 4.64. The van der Waals surface area contributed by atoms with E-state index in [-0.39, 0.29) is 11.9 Å². The predicted octanol–water partition coefficient (Wildman–Crippen LogP) is 2.78. The molecule has 2 heterocycles. The van der Waals surface area contributed by atoms with Crippen molar-refractivity contribution in [1.29, 1.82) is 0 Å². The van der Waals surface area contributed by atoms with Gasteiger partial charge in [-0.25, -0.2) is 0 Å². The van der Waals surface area contributed by atoms with E-state index in [0.717, 1.165) is 5.56 Å². The van der Waals surface area contributed by atoms with Crippen molar-refractivity contribution < 1.29 is 9.53 Å². The predicted molar refractivity (Wildman–Crippen MR) is 67.0 cm³/mol. The number of ketones is 1. The van der Waals surface area contributed by atoms with Crippen LogP contribution in [0.3, 0.4) is 0 Å². The Morgan fingerprint density at radius 1 is 1.50 bits per heavy atom. The van der Waals surface area contributed by atoms with E-state index in [0.29, 0.717) is 22.8 Å². The topological polar surface area (TPSA) is 44.1 Å². The van der Waals surface area contributed by atoms with Crippen LogP contribution in [0.4, 0.5) is 0 Å². The molecule has 2 aromatic rings. The second kappa shape index (κ2) is 4.14. The minimum atomic E-state index is -0.264. The minimum absolute atomic E-state index is 0.0487. The van der Waals surface area contributed by atoms with Crippen LogP contribution in [0.25, 0.3) is 0 Å². The van der Waals surface area contributed by atoms with Gasteiger partial charge in [-0.2, -0.15) is 5.10 Å². The van der Waals surface area contributed by atoms with E-state index in [9.17, 15) is 4.79 Å². The fourth-order valence-corrected chi connectivity index (χ4v) is 2.26. The maximum Gasteiger partial charge on any atom is 0.170 e. The van der Waals surface area contributed by atoms with E-state index >= 15 is 0 Å². The van der Waals surface area contributed by atoms with E-state index in [1.165, 1.54) is 0 Å². The molecule has 1 aliphatic heterocycles. The zero-order valence-electron chi connectivity index (χ0n) is 9.76. The number of benzene rings is 1. The maximum atomic E-state index is 12.1. The highest BCUT2D eigenvalue weighted by atomic mass is 35.5. The molecule has 0 amide bonds. The molecule has 5 heteroatoms. The molecule has 1 aromatic heterocycles. The van der Waals surface area contributed by atoms with Crippen LogP contribution in [0.5, 0.6) is 5.75 Å². The number of hydrogen-bond acceptors (Lipinski definition) is 3. The van der Waals surface area contributed by atoms with Gasteiger partial charge in [0.1, 0.15) is 11.9 Å². The highest BCUT2D eigenvalue weighted by Crippen LogP contribution is 2.35. The van der Waals surface area contributed by atoms with Crippen LogP contribution in [0.15, 0.2) is 30.6 Å². The second-order valence-electron chi connectivity index (χ2n) is 4.32. The Bertz CT molecular complexity index is 621. The first-order valence-corrected chi connectivity index (χ1v) is 5.99. The van der Waals surface area contributed by atoms with Crippen molar-refractivity contribution >= 4 is 17.4 Å². The zero-order chi connectivity index (χ0) is 12.7. The lowest BCUT2D eigenvalue weighted by Gasteiger charge is -2.24. The number of aryl methyl sites for hydroxylation is 1. The quantitative estimate of drug-likeness (QED) is 0.794. The van der Waals surface area contributed by atoms with Crippen LogP contribution >= 0.6 is 11.6 Å². The van der Waals surface area contributed by atoms with E-state index in [2.05, 4.69) is 5.10 Å². The van der Waals surface area contributed by atoms with E-state index in [1.807, 2.05) is 13.2 Å². The molecule has 1 atom stereocenters. The number of Topliss-reactive ketones (excluding diaryl/α,β-unsaturated/α-hetero) is 1. The number of rotatable bonds is 1. The minimum Gasteiger partial charge on any atom is -0.484 e. The lowest BCUT2D eigenvalue weighted by molar-refractivity contribution is 0.0850. The Morgan fingerprint density at radius 2 is 2.33 bits per heavy atom. The van der Waals surface area contributed by atoms with Gasteiger partial charge in [0.2, 0.25) is 0 Å². The lowest BCUT2D eigenvalue weighted by Crippen LogP contribution is -2.20. The summed E-state index contributed by atoms with van der Waals surface area (Å²) in [6.45, 7) is 0. The van der Waals surface area contributed by atoms with Gasteiger partial charge in [0.25, 0.3) is 0 Å². The first-order chi connectivity index (χ1) is 8.63. The standard InChI is InChI=1S/C13H11ClN2O2/c1-16-7-8(6-15-16)13-5-11(17)10-4-9(14)2-3-12(10)18-13/h2-4,6-7,13H,5H2,1H3. The molecule has 92 valence electrons. The SMILES string of the molecule is Cn1cc(C2CC(=O)c3cc(Cl)ccc3O2)cn1. The first kappa shape index (κ1) is 11.3. The molecule has 0 spiro atoms. The number of ether oxygens (including phenoxy) is 1. The van der Waals surface area contributed by atoms with Crippen molar-refractivity contribution in [2.75, 3.05) is 0 Å². The summed E-state index contributed by atoms with van der Waals surface area (Å²) in [4.78, 5) is 12.1. The van der Waals surface area contributed by atoms with Crippen LogP contribution in [-0.4, -0.2) is 15.6 Å². The van der Waals surface area contributed by atoms with Crippen LogP contribution in [0.2, 0.25) is 5.02 Å². The summed E-state index contributed by atoms with van der Waals surface area (Å²) in [5.74, 6) is 0.636.